The number of hydrogen-bond donors (Lipinski definition) is 3. The number of carbonyl (C=O) groups excluding carboxylic acids is 2. The number of rotatable bonds is 9. The molecule has 2 amide bonds. The zero-order chi connectivity index (χ0) is 22.2. The van der Waals surface area contributed by atoms with E-state index in [1.165, 1.54) is 17.6 Å². The average Bonchev–Trinajstić information content (AvgIpc) is 2.78. The van der Waals surface area contributed by atoms with Crippen molar-refractivity contribution >= 4 is 11.8 Å². The molecular formula is C23H30N3O5+. The molecule has 2 aromatic carbocycles. The van der Waals surface area contributed by atoms with Crippen molar-refractivity contribution in [1.82, 2.24) is 5.32 Å². The van der Waals surface area contributed by atoms with Gasteiger partial charge in [0.15, 0.2) is 18.1 Å². The normalized spacial score (nSPS) is 15.2. The maximum absolute atomic E-state index is 13.1. The number of quaternary nitrogens is 1. The van der Waals surface area contributed by atoms with Gasteiger partial charge in [0.1, 0.15) is 25.7 Å². The van der Waals surface area contributed by atoms with E-state index in [4.69, 9.17) is 19.9 Å². The Morgan fingerprint density at radius 2 is 1.84 bits per heavy atom. The van der Waals surface area contributed by atoms with Crippen LogP contribution in [0, 0.1) is 6.92 Å². The summed E-state index contributed by atoms with van der Waals surface area (Å²) in [5.41, 5.74) is 7.80. The Bertz CT molecular complexity index is 895. The van der Waals surface area contributed by atoms with Crippen molar-refractivity contribution in [3.63, 3.8) is 0 Å². The molecule has 1 heterocycles. The highest BCUT2D eigenvalue weighted by atomic mass is 16.5. The van der Waals surface area contributed by atoms with Crippen LogP contribution < -0.4 is 25.4 Å². The largest absolute Gasteiger partial charge is 0.493 e. The van der Waals surface area contributed by atoms with E-state index < -0.39 is 5.91 Å². The average molecular weight is 429 g/mol. The fourth-order valence-corrected chi connectivity index (χ4v) is 3.52. The molecule has 1 saturated heterocycles. The molecule has 0 radical (unpaired) electrons. The Morgan fingerprint density at radius 1 is 1.13 bits per heavy atom. The zero-order valence-corrected chi connectivity index (χ0v) is 18.0. The van der Waals surface area contributed by atoms with Gasteiger partial charge in [0.2, 0.25) is 0 Å². The minimum Gasteiger partial charge on any atom is -0.493 e. The van der Waals surface area contributed by atoms with Crippen LogP contribution in [0.1, 0.15) is 27.5 Å². The highest BCUT2D eigenvalue weighted by molar-refractivity contribution is 5.95. The van der Waals surface area contributed by atoms with Gasteiger partial charge in [-0.25, -0.2) is 0 Å². The smallest absolute Gasteiger partial charge is 0.255 e. The molecule has 0 spiro atoms. The molecule has 1 aliphatic heterocycles. The number of hydrogen-bond acceptors (Lipinski definition) is 5. The van der Waals surface area contributed by atoms with E-state index in [0.29, 0.717) is 17.1 Å². The molecule has 1 atom stereocenters. The van der Waals surface area contributed by atoms with E-state index in [2.05, 4.69) is 29.6 Å². The first-order valence-electron chi connectivity index (χ1n) is 10.3. The second-order valence-corrected chi connectivity index (χ2v) is 7.62. The monoisotopic (exact) mass is 428 g/mol. The summed E-state index contributed by atoms with van der Waals surface area (Å²) in [6, 6.07) is 12.9. The minimum atomic E-state index is -0.588. The summed E-state index contributed by atoms with van der Waals surface area (Å²) in [5, 5.41) is 3.17. The van der Waals surface area contributed by atoms with Crippen LogP contribution in [-0.2, 0) is 9.53 Å². The van der Waals surface area contributed by atoms with Crippen molar-refractivity contribution in [3.05, 3.63) is 59.2 Å². The summed E-state index contributed by atoms with van der Waals surface area (Å²) in [5.74, 6) is -0.0845. The number of primary amides is 1. The summed E-state index contributed by atoms with van der Waals surface area (Å²) in [6.45, 7) is 5.84. The van der Waals surface area contributed by atoms with Gasteiger partial charge < -0.3 is 30.2 Å². The molecule has 0 unspecified atom stereocenters. The molecular weight excluding hydrogens is 398 g/mol. The molecule has 31 heavy (non-hydrogen) atoms. The first kappa shape index (κ1) is 22.6. The number of nitrogens with one attached hydrogen (secondary N) is 2. The Morgan fingerprint density at radius 3 is 2.48 bits per heavy atom. The third-order valence-electron chi connectivity index (χ3n) is 5.27. The fraction of sp³-hybridized carbons (Fsp3) is 0.391. The maximum atomic E-state index is 13.1. The number of ether oxygens (including phenoxy) is 3. The summed E-state index contributed by atoms with van der Waals surface area (Å²) >= 11 is 0. The first-order valence-corrected chi connectivity index (χ1v) is 10.3. The van der Waals surface area contributed by atoms with Gasteiger partial charge >= 0.3 is 0 Å². The summed E-state index contributed by atoms with van der Waals surface area (Å²) in [6.07, 6.45) is 0. The molecule has 0 aliphatic carbocycles. The van der Waals surface area contributed by atoms with Crippen molar-refractivity contribution in [1.29, 1.82) is 0 Å². The summed E-state index contributed by atoms with van der Waals surface area (Å²) in [7, 11) is 1.48. The van der Waals surface area contributed by atoms with Crippen LogP contribution in [0.2, 0.25) is 0 Å². The number of carbonyl (C=O) groups is 2. The van der Waals surface area contributed by atoms with Gasteiger partial charge in [-0.15, -0.1) is 0 Å². The molecule has 1 fully saturated rings. The fourth-order valence-electron chi connectivity index (χ4n) is 3.52. The van der Waals surface area contributed by atoms with Crippen LogP contribution in [0.4, 0.5) is 0 Å². The Hall–Kier alpha value is -3.10. The second kappa shape index (κ2) is 10.8. The van der Waals surface area contributed by atoms with E-state index >= 15 is 0 Å². The van der Waals surface area contributed by atoms with E-state index in [9.17, 15) is 9.59 Å². The highest BCUT2D eigenvalue weighted by Crippen LogP contribution is 2.28. The van der Waals surface area contributed by atoms with Crippen LogP contribution in [0.5, 0.6) is 11.5 Å². The number of methoxy groups -OCH3 is 1. The molecule has 0 aromatic heterocycles. The minimum absolute atomic E-state index is 0.141. The van der Waals surface area contributed by atoms with Crippen LogP contribution in [0.25, 0.3) is 0 Å². The van der Waals surface area contributed by atoms with Gasteiger partial charge in [0, 0.05) is 5.56 Å². The van der Waals surface area contributed by atoms with Gasteiger partial charge in [-0.1, -0.05) is 29.8 Å². The number of amides is 2. The molecule has 8 heteroatoms. The lowest BCUT2D eigenvalue weighted by Gasteiger charge is -2.28. The lowest BCUT2D eigenvalue weighted by Crippen LogP contribution is -3.14. The molecule has 3 rings (SSSR count). The lowest BCUT2D eigenvalue weighted by atomic mass is 10.0. The zero-order valence-electron chi connectivity index (χ0n) is 18.0. The van der Waals surface area contributed by atoms with Gasteiger partial charge in [-0.05, 0) is 30.7 Å². The highest BCUT2D eigenvalue weighted by Gasteiger charge is 2.24. The number of benzene rings is 2. The van der Waals surface area contributed by atoms with Gasteiger partial charge in [0.05, 0.1) is 20.3 Å². The Labute approximate surface area is 182 Å². The third-order valence-corrected chi connectivity index (χ3v) is 5.27. The second-order valence-electron chi connectivity index (χ2n) is 7.62. The molecule has 2 aromatic rings. The molecule has 0 bridgehead atoms. The Kier molecular flexibility index (Phi) is 7.86. The van der Waals surface area contributed by atoms with E-state index in [1.54, 1.807) is 18.2 Å². The van der Waals surface area contributed by atoms with Crippen LogP contribution in [0.15, 0.2) is 42.5 Å². The quantitative estimate of drug-likeness (QED) is 0.531. The van der Waals surface area contributed by atoms with Crippen molar-refractivity contribution in [2.75, 3.05) is 46.6 Å². The first-order chi connectivity index (χ1) is 15.0. The van der Waals surface area contributed by atoms with Gasteiger partial charge in [-0.2, -0.15) is 0 Å². The molecule has 4 N–H and O–H groups in total. The van der Waals surface area contributed by atoms with Gasteiger partial charge in [-0.3, -0.25) is 9.59 Å². The molecule has 166 valence electrons. The SMILES string of the molecule is COc1cc(C(=O)N[C@H](C[NH+]2CCOCC2)c2ccc(C)cc2)ccc1OCC(N)=O. The van der Waals surface area contributed by atoms with Crippen molar-refractivity contribution in [2.24, 2.45) is 5.73 Å². The predicted molar refractivity (Wildman–Crippen MR) is 115 cm³/mol. The Balaban J connectivity index is 1.77. The van der Waals surface area contributed by atoms with Crippen molar-refractivity contribution < 1.29 is 28.7 Å². The van der Waals surface area contributed by atoms with E-state index in [0.717, 1.165) is 38.4 Å². The number of aryl methyl sites for hydroxylation is 1. The topological polar surface area (TPSA) is 104 Å². The molecule has 8 nitrogen and oxygen atoms in total. The third kappa shape index (κ3) is 6.44. The van der Waals surface area contributed by atoms with Crippen LogP contribution in [-0.4, -0.2) is 58.4 Å². The van der Waals surface area contributed by atoms with Crippen LogP contribution in [0.3, 0.4) is 0 Å². The molecule has 0 saturated carbocycles. The number of nitrogens with two attached hydrogens (primary N) is 1. The van der Waals surface area contributed by atoms with Gasteiger partial charge in [0.25, 0.3) is 11.8 Å². The maximum Gasteiger partial charge on any atom is 0.255 e. The summed E-state index contributed by atoms with van der Waals surface area (Å²) < 4.78 is 16.1. The standard InChI is InChI=1S/C23H29N3O5/c1-16-3-5-17(6-4-16)19(14-26-9-11-30-12-10-26)25-23(28)18-7-8-20(21(13-18)29-2)31-15-22(24)27/h3-8,13,19H,9-12,14-15H2,1-2H3,(H2,24,27)(H,25,28)/p+1/t19-/m1/s1. The van der Waals surface area contributed by atoms with Crippen molar-refractivity contribution in [2.45, 2.75) is 13.0 Å². The van der Waals surface area contributed by atoms with Crippen LogP contribution >= 0.6 is 0 Å². The predicted octanol–water partition coefficient (Wildman–Crippen LogP) is 0.254. The van der Waals surface area contributed by atoms with Crippen molar-refractivity contribution in [3.8, 4) is 11.5 Å². The number of morpholine rings is 1. The van der Waals surface area contributed by atoms with E-state index in [1.807, 2.05) is 6.92 Å². The molecule has 1 aliphatic rings. The summed E-state index contributed by atoms with van der Waals surface area (Å²) in [4.78, 5) is 25.4. The van der Waals surface area contributed by atoms with E-state index in [-0.39, 0.29) is 18.6 Å². The lowest BCUT2D eigenvalue weighted by molar-refractivity contribution is -0.909.